The zero-order chi connectivity index (χ0) is 19.6. The van der Waals surface area contributed by atoms with Crippen LogP contribution in [-0.2, 0) is 17.5 Å². The molecule has 1 aliphatic rings. The van der Waals surface area contributed by atoms with Crippen LogP contribution in [0.3, 0.4) is 0 Å². The summed E-state index contributed by atoms with van der Waals surface area (Å²) in [4.78, 5) is 14.9. The van der Waals surface area contributed by atoms with Crippen molar-refractivity contribution in [1.29, 1.82) is 0 Å². The van der Waals surface area contributed by atoms with Crippen LogP contribution in [0.5, 0.6) is 0 Å². The van der Waals surface area contributed by atoms with Gasteiger partial charge < -0.3 is 9.64 Å². The average Bonchev–Trinajstić information content (AvgIpc) is 3.46. The molecule has 6 heteroatoms. The molecule has 1 fully saturated rings. The Hall–Kier alpha value is -2.34. The maximum absolute atomic E-state index is 13.1. The average molecular weight is 377 g/mol. The first-order valence-corrected chi connectivity index (χ1v) is 8.89. The van der Waals surface area contributed by atoms with Crippen molar-refractivity contribution in [2.75, 3.05) is 7.11 Å². The van der Waals surface area contributed by atoms with E-state index in [1.807, 2.05) is 6.07 Å². The Morgan fingerprint density at radius 3 is 2.52 bits per heavy atom. The summed E-state index contributed by atoms with van der Waals surface area (Å²) in [5.41, 5.74) is 1.19. The van der Waals surface area contributed by atoms with E-state index in [2.05, 4.69) is 0 Å². The minimum atomic E-state index is -4.40. The van der Waals surface area contributed by atoms with Crippen molar-refractivity contribution in [3.8, 4) is 0 Å². The SMILES string of the molecule is COCc1cccc(C(=O)N(C2CC2)C(C)c2cccc(C(F)(F)F)c2)c1. The lowest BCUT2D eigenvalue weighted by Gasteiger charge is -2.30. The summed E-state index contributed by atoms with van der Waals surface area (Å²) >= 11 is 0. The van der Waals surface area contributed by atoms with Gasteiger partial charge in [0.1, 0.15) is 0 Å². The molecular weight excluding hydrogens is 355 g/mol. The number of hydrogen-bond acceptors (Lipinski definition) is 2. The molecule has 0 saturated heterocycles. The van der Waals surface area contributed by atoms with Crippen LogP contribution in [0.2, 0.25) is 0 Å². The number of rotatable bonds is 6. The van der Waals surface area contributed by atoms with Crippen LogP contribution >= 0.6 is 0 Å². The van der Waals surface area contributed by atoms with Gasteiger partial charge in [0.25, 0.3) is 5.91 Å². The first kappa shape index (κ1) is 19.4. The lowest BCUT2D eigenvalue weighted by molar-refractivity contribution is -0.137. The van der Waals surface area contributed by atoms with E-state index < -0.39 is 17.8 Å². The minimum Gasteiger partial charge on any atom is -0.380 e. The van der Waals surface area contributed by atoms with Crippen LogP contribution in [0.15, 0.2) is 48.5 Å². The van der Waals surface area contributed by atoms with Gasteiger partial charge in [-0.1, -0.05) is 24.3 Å². The maximum Gasteiger partial charge on any atom is 0.416 e. The van der Waals surface area contributed by atoms with Crippen molar-refractivity contribution in [2.45, 2.75) is 44.6 Å². The third kappa shape index (κ3) is 4.50. The molecule has 0 spiro atoms. The molecule has 3 rings (SSSR count). The van der Waals surface area contributed by atoms with Crippen molar-refractivity contribution in [3.05, 3.63) is 70.8 Å². The Morgan fingerprint density at radius 1 is 1.19 bits per heavy atom. The van der Waals surface area contributed by atoms with Gasteiger partial charge in [-0.25, -0.2) is 0 Å². The number of methoxy groups -OCH3 is 1. The zero-order valence-corrected chi connectivity index (χ0v) is 15.3. The highest BCUT2D eigenvalue weighted by atomic mass is 19.4. The fraction of sp³-hybridized carbons (Fsp3) is 0.381. The quantitative estimate of drug-likeness (QED) is 0.691. The van der Waals surface area contributed by atoms with E-state index in [1.54, 1.807) is 43.2 Å². The summed E-state index contributed by atoms with van der Waals surface area (Å²) in [5.74, 6) is -0.166. The van der Waals surface area contributed by atoms with Crippen molar-refractivity contribution in [3.63, 3.8) is 0 Å². The molecule has 0 heterocycles. The number of carbonyl (C=O) groups excluding carboxylic acids is 1. The van der Waals surface area contributed by atoms with Crippen molar-refractivity contribution >= 4 is 5.91 Å². The predicted molar refractivity (Wildman–Crippen MR) is 96.2 cm³/mol. The van der Waals surface area contributed by atoms with Crippen LogP contribution in [-0.4, -0.2) is 24.0 Å². The molecule has 1 aliphatic carbocycles. The number of halogens is 3. The fourth-order valence-electron chi connectivity index (χ4n) is 3.26. The molecule has 0 radical (unpaired) electrons. The van der Waals surface area contributed by atoms with E-state index in [9.17, 15) is 18.0 Å². The van der Waals surface area contributed by atoms with Gasteiger partial charge in [0, 0.05) is 18.7 Å². The number of ether oxygens (including phenoxy) is 1. The standard InChI is InChI=1S/C21H22F3NO2/c1-14(16-6-4-8-18(12-16)21(22,23)24)25(19-9-10-19)20(26)17-7-3-5-15(11-17)13-27-2/h3-8,11-12,14,19H,9-10,13H2,1-2H3. The Balaban J connectivity index is 1.89. The van der Waals surface area contributed by atoms with Gasteiger partial charge in [-0.05, 0) is 55.2 Å². The minimum absolute atomic E-state index is 0.0631. The monoisotopic (exact) mass is 377 g/mol. The van der Waals surface area contributed by atoms with Gasteiger partial charge in [-0.3, -0.25) is 4.79 Å². The Morgan fingerprint density at radius 2 is 1.89 bits per heavy atom. The zero-order valence-electron chi connectivity index (χ0n) is 15.3. The highest BCUT2D eigenvalue weighted by Crippen LogP contribution is 2.37. The van der Waals surface area contributed by atoms with E-state index in [0.717, 1.165) is 30.5 Å². The van der Waals surface area contributed by atoms with Gasteiger partial charge in [-0.15, -0.1) is 0 Å². The van der Waals surface area contributed by atoms with E-state index in [1.165, 1.54) is 6.07 Å². The van der Waals surface area contributed by atoms with Crippen LogP contribution in [0, 0.1) is 0 Å². The third-order valence-electron chi connectivity index (χ3n) is 4.77. The highest BCUT2D eigenvalue weighted by Gasteiger charge is 2.37. The molecule has 0 aromatic heterocycles. The van der Waals surface area contributed by atoms with Crippen LogP contribution in [0.25, 0.3) is 0 Å². The van der Waals surface area contributed by atoms with E-state index >= 15 is 0 Å². The number of benzene rings is 2. The summed E-state index contributed by atoms with van der Waals surface area (Å²) in [5, 5.41) is 0. The van der Waals surface area contributed by atoms with Gasteiger partial charge in [0.05, 0.1) is 18.2 Å². The smallest absolute Gasteiger partial charge is 0.380 e. The normalized spacial score (nSPS) is 15.4. The third-order valence-corrected chi connectivity index (χ3v) is 4.77. The molecule has 0 bridgehead atoms. The first-order valence-electron chi connectivity index (χ1n) is 8.89. The number of amides is 1. The molecule has 3 nitrogen and oxygen atoms in total. The van der Waals surface area contributed by atoms with Crippen LogP contribution in [0.4, 0.5) is 13.2 Å². The van der Waals surface area contributed by atoms with Gasteiger partial charge in [-0.2, -0.15) is 13.2 Å². The van der Waals surface area contributed by atoms with Crippen molar-refractivity contribution < 1.29 is 22.7 Å². The number of hydrogen-bond donors (Lipinski definition) is 0. The molecule has 2 aromatic carbocycles. The molecule has 0 aliphatic heterocycles. The fourth-order valence-corrected chi connectivity index (χ4v) is 3.26. The summed E-state index contributed by atoms with van der Waals surface area (Å²) in [6.07, 6.45) is -2.67. The molecule has 144 valence electrons. The molecule has 1 amide bonds. The second-order valence-electron chi connectivity index (χ2n) is 6.88. The summed E-state index contributed by atoms with van der Waals surface area (Å²) in [7, 11) is 1.58. The molecule has 0 N–H and O–H groups in total. The van der Waals surface area contributed by atoms with Gasteiger partial charge >= 0.3 is 6.18 Å². The second-order valence-corrected chi connectivity index (χ2v) is 6.88. The molecule has 27 heavy (non-hydrogen) atoms. The highest BCUT2D eigenvalue weighted by molar-refractivity contribution is 5.95. The van der Waals surface area contributed by atoms with E-state index in [-0.39, 0.29) is 11.9 Å². The molecular formula is C21H22F3NO2. The van der Waals surface area contributed by atoms with E-state index in [0.29, 0.717) is 17.7 Å². The van der Waals surface area contributed by atoms with Gasteiger partial charge in [0.15, 0.2) is 0 Å². The largest absolute Gasteiger partial charge is 0.416 e. The first-order chi connectivity index (χ1) is 12.8. The lowest BCUT2D eigenvalue weighted by Crippen LogP contribution is -2.35. The van der Waals surface area contributed by atoms with Crippen molar-refractivity contribution in [1.82, 2.24) is 4.90 Å². The Bertz CT molecular complexity index is 815. The summed E-state index contributed by atoms with van der Waals surface area (Å²) < 4.78 is 44.3. The summed E-state index contributed by atoms with van der Waals surface area (Å²) in [6.45, 7) is 2.18. The van der Waals surface area contributed by atoms with Gasteiger partial charge in [0.2, 0.25) is 0 Å². The number of carbonyl (C=O) groups is 1. The topological polar surface area (TPSA) is 29.5 Å². The molecule has 1 saturated carbocycles. The molecule has 2 aromatic rings. The maximum atomic E-state index is 13.1. The predicted octanol–water partition coefficient (Wildman–Crippen LogP) is 5.22. The Kier molecular flexibility index (Phi) is 5.56. The van der Waals surface area contributed by atoms with Crippen molar-refractivity contribution in [2.24, 2.45) is 0 Å². The van der Waals surface area contributed by atoms with Crippen LogP contribution in [0.1, 0.15) is 52.9 Å². The van der Waals surface area contributed by atoms with Crippen LogP contribution < -0.4 is 0 Å². The van der Waals surface area contributed by atoms with E-state index in [4.69, 9.17) is 4.74 Å². The lowest BCUT2D eigenvalue weighted by atomic mass is 10.0. The summed E-state index contributed by atoms with van der Waals surface area (Å²) in [6, 6.07) is 12.0. The second kappa shape index (κ2) is 7.72. The Labute approximate surface area is 156 Å². The number of alkyl halides is 3. The number of nitrogens with zero attached hydrogens (tertiary/aromatic N) is 1. The molecule has 1 atom stereocenters. The molecule has 1 unspecified atom stereocenters.